The quantitative estimate of drug-likeness (QED) is 0.760. The largest absolute Gasteiger partial charge is 0.435 e. The van der Waals surface area contributed by atoms with Gasteiger partial charge in [0.15, 0.2) is 5.69 Å². The molecule has 1 saturated heterocycles. The van der Waals surface area contributed by atoms with Crippen molar-refractivity contribution in [3.8, 4) is 0 Å². The third-order valence-electron chi connectivity index (χ3n) is 2.57. The molecule has 3 nitrogen and oxygen atoms in total. The van der Waals surface area contributed by atoms with E-state index in [1.54, 1.807) is 0 Å². The van der Waals surface area contributed by atoms with Gasteiger partial charge in [-0.05, 0) is 25.5 Å². The van der Waals surface area contributed by atoms with Crippen LogP contribution in [0, 0.1) is 0 Å². The maximum atomic E-state index is 12.3. The average Bonchev–Trinajstić information content (AvgIpc) is 2.67. The number of aromatic nitrogens is 2. The van der Waals surface area contributed by atoms with Crippen LogP contribution in [0.2, 0.25) is 0 Å². The Morgan fingerprint density at radius 2 is 2.13 bits per heavy atom. The monoisotopic (exact) mass is 219 g/mol. The van der Waals surface area contributed by atoms with Crippen LogP contribution in [-0.2, 0) is 6.18 Å². The summed E-state index contributed by atoms with van der Waals surface area (Å²) in [5, 5.41) is 8.88. The summed E-state index contributed by atoms with van der Waals surface area (Å²) in [4.78, 5) is 0. The minimum Gasteiger partial charge on any atom is -0.309 e. The molecule has 0 amide bonds. The van der Waals surface area contributed by atoms with E-state index in [2.05, 4.69) is 15.5 Å². The summed E-state index contributed by atoms with van der Waals surface area (Å²) < 4.78 is 36.8. The third kappa shape index (κ3) is 2.31. The lowest BCUT2D eigenvalue weighted by atomic mass is 10.0. The van der Waals surface area contributed by atoms with Gasteiger partial charge in [-0.15, -0.1) is 0 Å². The van der Waals surface area contributed by atoms with Crippen molar-refractivity contribution in [2.24, 2.45) is 0 Å². The SMILES string of the molecule is FC(F)(F)c1cc([C@H]2CCCCN2)[nH]n1. The lowest BCUT2D eigenvalue weighted by Gasteiger charge is -2.21. The van der Waals surface area contributed by atoms with E-state index in [4.69, 9.17) is 0 Å². The smallest absolute Gasteiger partial charge is 0.309 e. The Kier molecular flexibility index (Phi) is 2.68. The molecule has 1 aliphatic heterocycles. The predicted molar refractivity (Wildman–Crippen MR) is 48.2 cm³/mol. The van der Waals surface area contributed by atoms with Crippen molar-refractivity contribution in [1.29, 1.82) is 0 Å². The second-order valence-corrected chi connectivity index (χ2v) is 3.71. The van der Waals surface area contributed by atoms with Crippen molar-refractivity contribution in [2.75, 3.05) is 6.54 Å². The van der Waals surface area contributed by atoms with Crippen LogP contribution in [0.4, 0.5) is 13.2 Å². The van der Waals surface area contributed by atoms with E-state index in [9.17, 15) is 13.2 Å². The molecule has 2 heterocycles. The average molecular weight is 219 g/mol. The first-order valence-corrected chi connectivity index (χ1v) is 4.93. The van der Waals surface area contributed by atoms with Crippen molar-refractivity contribution in [3.05, 3.63) is 17.5 Å². The van der Waals surface area contributed by atoms with Crippen LogP contribution in [0.3, 0.4) is 0 Å². The van der Waals surface area contributed by atoms with Gasteiger partial charge in [0.1, 0.15) is 0 Å². The molecule has 0 saturated carbocycles. The molecule has 0 bridgehead atoms. The van der Waals surface area contributed by atoms with E-state index >= 15 is 0 Å². The maximum absolute atomic E-state index is 12.3. The zero-order valence-corrected chi connectivity index (χ0v) is 8.06. The molecule has 0 unspecified atom stereocenters. The highest BCUT2D eigenvalue weighted by atomic mass is 19.4. The number of halogens is 3. The van der Waals surface area contributed by atoms with Gasteiger partial charge in [0, 0.05) is 6.04 Å². The Morgan fingerprint density at radius 3 is 2.67 bits per heavy atom. The molecule has 0 spiro atoms. The fourth-order valence-corrected chi connectivity index (χ4v) is 1.78. The van der Waals surface area contributed by atoms with Crippen molar-refractivity contribution in [2.45, 2.75) is 31.5 Å². The van der Waals surface area contributed by atoms with Gasteiger partial charge < -0.3 is 5.32 Å². The molecule has 15 heavy (non-hydrogen) atoms. The van der Waals surface area contributed by atoms with Crippen LogP contribution in [0.5, 0.6) is 0 Å². The lowest BCUT2D eigenvalue weighted by Crippen LogP contribution is -2.26. The number of hydrogen-bond donors (Lipinski definition) is 2. The molecule has 1 aliphatic rings. The molecule has 6 heteroatoms. The van der Waals surface area contributed by atoms with Gasteiger partial charge in [-0.1, -0.05) is 6.42 Å². The molecule has 1 fully saturated rings. The Balaban J connectivity index is 2.12. The van der Waals surface area contributed by atoms with Gasteiger partial charge in [-0.3, -0.25) is 5.10 Å². The molecule has 0 aromatic carbocycles. The molecule has 2 N–H and O–H groups in total. The van der Waals surface area contributed by atoms with Crippen LogP contribution in [0.15, 0.2) is 6.07 Å². The zero-order valence-electron chi connectivity index (χ0n) is 8.06. The first kappa shape index (κ1) is 10.5. The van der Waals surface area contributed by atoms with Gasteiger partial charge in [-0.2, -0.15) is 18.3 Å². The Bertz CT molecular complexity index is 326. The van der Waals surface area contributed by atoms with Crippen LogP contribution < -0.4 is 5.32 Å². The fourth-order valence-electron chi connectivity index (χ4n) is 1.78. The fraction of sp³-hybridized carbons (Fsp3) is 0.667. The lowest BCUT2D eigenvalue weighted by molar-refractivity contribution is -0.141. The molecular weight excluding hydrogens is 207 g/mol. The number of piperidine rings is 1. The standard InChI is InChI=1S/C9H12F3N3/c10-9(11,12)8-5-7(14-15-8)6-3-1-2-4-13-6/h5-6,13H,1-4H2,(H,14,15)/t6-/m1/s1. The van der Waals surface area contributed by atoms with Crippen molar-refractivity contribution < 1.29 is 13.2 Å². The second-order valence-electron chi connectivity index (χ2n) is 3.71. The number of H-pyrrole nitrogens is 1. The van der Waals surface area contributed by atoms with Crippen LogP contribution >= 0.6 is 0 Å². The molecule has 84 valence electrons. The minimum atomic E-state index is -4.36. The first-order chi connectivity index (χ1) is 7.07. The third-order valence-corrected chi connectivity index (χ3v) is 2.57. The molecule has 1 aromatic rings. The molecular formula is C9H12F3N3. The van der Waals surface area contributed by atoms with Crippen LogP contribution in [0.25, 0.3) is 0 Å². The molecule has 1 aromatic heterocycles. The number of hydrogen-bond acceptors (Lipinski definition) is 2. The first-order valence-electron chi connectivity index (χ1n) is 4.93. The summed E-state index contributed by atoms with van der Waals surface area (Å²) in [5.74, 6) is 0. The second kappa shape index (κ2) is 3.84. The maximum Gasteiger partial charge on any atom is 0.435 e. The number of alkyl halides is 3. The number of rotatable bonds is 1. The van der Waals surface area contributed by atoms with Crippen LogP contribution in [-0.4, -0.2) is 16.7 Å². The Hall–Kier alpha value is -1.04. The Labute approximate surface area is 85.1 Å². The van der Waals surface area contributed by atoms with Crippen LogP contribution in [0.1, 0.15) is 36.7 Å². The van der Waals surface area contributed by atoms with Gasteiger partial charge in [0.05, 0.1) is 5.69 Å². The summed E-state index contributed by atoms with van der Waals surface area (Å²) in [7, 11) is 0. The van der Waals surface area contributed by atoms with E-state index in [1.807, 2.05) is 0 Å². The van der Waals surface area contributed by atoms with Crippen molar-refractivity contribution in [1.82, 2.24) is 15.5 Å². The summed E-state index contributed by atoms with van der Waals surface area (Å²) in [5.41, 5.74) is -0.313. The number of aromatic amines is 1. The highest BCUT2D eigenvalue weighted by Crippen LogP contribution is 2.30. The number of nitrogens with zero attached hydrogens (tertiary/aromatic N) is 1. The molecule has 0 radical (unpaired) electrons. The van der Waals surface area contributed by atoms with E-state index in [-0.39, 0.29) is 6.04 Å². The highest BCUT2D eigenvalue weighted by molar-refractivity contribution is 5.15. The molecule has 1 atom stereocenters. The van der Waals surface area contributed by atoms with E-state index in [0.717, 1.165) is 31.9 Å². The van der Waals surface area contributed by atoms with E-state index in [0.29, 0.717) is 5.69 Å². The van der Waals surface area contributed by atoms with Gasteiger partial charge in [0.2, 0.25) is 0 Å². The Morgan fingerprint density at radius 1 is 1.33 bits per heavy atom. The molecule has 0 aliphatic carbocycles. The van der Waals surface area contributed by atoms with Gasteiger partial charge in [0.25, 0.3) is 0 Å². The molecule has 2 rings (SSSR count). The van der Waals surface area contributed by atoms with Crippen molar-refractivity contribution >= 4 is 0 Å². The highest BCUT2D eigenvalue weighted by Gasteiger charge is 2.34. The van der Waals surface area contributed by atoms with E-state index in [1.165, 1.54) is 0 Å². The van der Waals surface area contributed by atoms with Gasteiger partial charge >= 0.3 is 6.18 Å². The zero-order chi connectivity index (χ0) is 10.9. The summed E-state index contributed by atoms with van der Waals surface area (Å²) in [6.45, 7) is 0.852. The predicted octanol–water partition coefficient (Wildman–Crippen LogP) is 2.24. The minimum absolute atomic E-state index is 0.0117. The summed E-state index contributed by atoms with van der Waals surface area (Å²) >= 11 is 0. The normalized spacial score (nSPS) is 23.0. The summed E-state index contributed by atoms with van der Waals surface area (Å²) in [6, 6.07) is 1.07. The topological polar surface area (TPSA) is 40.7 Å². The summed E-state index contributed by atoms with van der Waals surface area (Å²) in [6.07, 6.45) is -1.38. The van der Waals surface area contributed by atoms with E-state index < -0.39 is 11.9 Å². The van der Waals surface area contributed by atoms with Gasteiger partial charge in [-0.25, -0.2) is 0 Å². The number of nitrogens with one attached hydrogen (secondary N) is 2. The van der Waals surface area contributed by atoms with Crippen molar-refractivity contribution in [3.63, 3.8) is 0 Å².